The number of Topliss-reactive ketones (excluding diaryl/α,β-unsaturated/α-hetero) is 1. The summed E-state index contributed by atoms with van der Waals surface area (Å²) >= 11 is 0. The van der Waals surface area contributed by atoms with Crippen LogP contribution in [-0.2, 0) is 9.59 Å². The van der Waals surface area contributed by atoms with Gasteiger partial charge in [-0.2, -0.15) is 0 Å². The summed E-state index contributed by atoms with van der Waals surface area (Å²) in [5.74, 6) is -0.930. The maximum absolute atomic E-state index is 11.1. The minimum atomic E-state index is -0.481. The van der Waals surface area contributed by atoms with Crippen molar-refractivity contribution in [1.82, 2.24) is 5.32 Å². The third-order valence-corrected chi connectivity index (χ3v) is 1.62. The Balaban J connectivity index is 3.91. The Kier molecular flexibility index (Phi) is 4.50. The van der Waals surface area contributed by atoms with Crippen LogP contribution in [0.3, 0.4) is 0 Å². The third-order valence-electron chi connectivity index (χ3n) is 1.62. The number of ketones is 1. The van der Waals surface area contributed by atoms with E-state index in [4.69, 9.17) is 0 Å². The molecular weight excluding hydrogens is 142 g/mol. The highest BCUT2D eigenvalue weighted by atomic mass is 16.2. The first-order chi connectivity index (χ1) is 5.13. The van der Waals surface area contributed by atoms with Gasteiger partial charge in [0.15, 0.2) is 0 Å². The summed E-state index contributed by atoms with van der Waals surface area (Å²) in [5, 5.41) is 2.32. The fourth-order valence-electron chi connectivity index (χ4n) is 0.911. The van der Waals surface area contributed by atoms with Crippen LogP contribution >= 0.6 is 0 Å². The standard InChI is InChI=1S/C8H15NO2/c1-4-5-6(2)7(10)8(11)9-3/h6H,4-5H2,1-3H3,(H,9,11)/t6-/m0/s1. The normalized spacial score (nSPS) is 12.3. The number of hydrogen-bond donors (Lipinski definition) is 1. The molecule has 0 aromatic rings. The number of carbonyl (C=O) groups excluding carboxylic acids is 2. The van der Waals surface area contributed by atoms with Crippen molar-refractivity contribution in [2.45, 2.75) is 26.7 Å². The first-order valence-corrected chi connectivity index (χ1v) is 3.89. The van der Waals surface area contributed by atoms with Gasteiger partial charge in [-0.1, -0.05) is 20.3 Å². The second-order valence-corrected chi connectivity index (χ2v) is 2.63. The Morgan fingerprint density at radius 1 is 1.45 bits per heavy atom. The molecular formula is C8H15NO2. The number of hydrogen-bond acceptors (Lipinski definition) is 2. The van der Waals surface area contributed by atoms with Crippen LogP contribution in [0.25, 0.3) is 0 Å². The van der Waals surface area contributed by atoms with Crippen LogP contribution in [-0.4, -0.2) is 18.7 Å². The number of likely N-dealkylation sites (N-methyl/N-ethyl adjacent to an activating group) is 1. The highest BCUT2D eigenvalue weighted by Gasteiger charge is 2.18. The molecule has 0 aliphatic carbocycles. The lowest BCUT2D eigenvalue weighted by Crippen LogP contribution is -2.31. The second kappa shape index (κ2) is 4.88. The quantitative estimate of drug-likeness (QED) is 0.612. The molecule has 3 heteroatoms. The molecule has 0 aliphatic heterocycles. The molecule has 3 nitrogen and oxygen atoms in total. The SMILES string of the molecule is CCC[C@H](C)C(=O)C(=O)NC. The van der Waals surface area contributed by atoms with Crippen molar-refractivity contribution >= 4 is 11.7 Å². The van der Waals surface area contributed by atoms with Gasteiger partial charge in [0.2, 0.25) is 5.78 Å². The molecule has 0 fully saturated rings. The summed E-state index contributed by atoms with van der Waals surface area (Å²) in [6.07, 6.45) is 1.72. The van der Waals surface area contributed by atoms with Crippen molar-refractivity contribution in [2.24, 2.45) is 5.92 Å². The van der Waals surface area contributed by atoms with Crippen LogP contribution in [0.1, 0.15) is 26.7 Å². The smallest absolute Gasteiger partial charge is 0.287 e. The summed E-state index contributed by atoms with van der Waals surface area (Å²) in [6, 6.07) is 0. The van der Waals surface area contributed by atoms with E-state index >= 15 is 0 Å². The van der Waals surface area contributed by atoms with Gasteiger partial charge in [-0.05, 0) is 6.42 Å². The van der Waals surface area contributed by atoms with Gasteiger partial charge < -0.3 is 5.32 Å². The van der Waals surface area contributed by atoms with Crippen LogP contribution in [0.2, 0.25) is 0 Å². The third kappa shape index (κ3) is 3.16. The fraction of sp³-hybridized carbons (Fsp3) is 0.750. The summed E-state index contributed by atoms with van der Waals surface area (Å²) in [5.41, 5.74) is 0. The monoisotopic (exact) mass is 157 g/mol. The van der Waals surface area contributed by atoms with Crippen molar-refractivity contribution in [1.29, 1.82) is 0 Å². The molecule has 0 saturated carbocycles. The van der Waals surface area contributed by atoms with E-state index in [2.05, 4.69) is 5.32 Å². The Bertz CT molecular complexity index is 154. The molecule has 0 rings (SSSR count). The Hall–Kier alpha value is -0.860. The molecule has 0 aromatic heterocycles. The molecule has 0 aromatic carbocycles. The lowest BCUT2D eigenvalue weighted by Gasteiger charge is -2.06. The second-order valence-electron chi connectivity index (χ2n) is 2.63. The molecule has 1 N–H and O–H groups in total. The van der Waals surface area contributed by atoms with Gasteiger partial charge >= 0.3 is 0 Å². The van der Waals surface area contributed by atoms with Gasteiger partial charge in [0.05, 0.1) is 0 Å². The summed E-state index contributed by atoms with van der Waals surface area (Å²) in [4.78, 5) is 21.8. The van der Waals surface area contributed by atoms with Crippen molar-refractivity contribution in [2.75, 3.05) is 7.05 Å². The van der Waals surface area contributed by atoms with E-state index < -0.39 is 5.91 Å². The van der Waals surface area contributed by atoms with E-state index in [1.807, 2.05) is 6.92 Å². The highest BCUT2D eigenvalue weighted by Crippen LogP contribution is 2.05. The molecule has 1 amide bonds. The lowest BCUT2D eigenvalue weighted by atomic mass is 10.0. The Labute approximate surface area is 67.2 Å². The molecule has 0 spiro atoms. The zero-order chi connectivity index (χ0) is 8.85. The van der Waals surface area contributed by atoms with Crippen LogP contribution in [0, 0.1) is 5.92 Å². The van der Waals surface area contributed by atoms with Gasteiger partial charge in [-0.25, -0.2) is 0 Å². The lowest BCUT2D eigenvalue weighted by molar-refractivity contribution is -0.139. The van der Waals surface area contributed by atoms with Crippen molar-refractivity contribution in [3.8, 4) is 0 Å². The first kappa shape index (κ1) is 10.1. The first-order valence-electron chi connectivity index (χ1n) is 3.89. The Morgan fingerprint density at radius 2 is 2.00 bits per heavy atom. The number of carbonyl (C=O) groups is 2. The zero-order valence-corrected chi connectivity index (χ0v) is 7.31. The van der Waals surface area contributed by atoms with E-state index in [0.29, 0.717) is 0 Å². The molecule has 1 atom stereocenters. The van der Waals surface area contributed by atoms with Crippen molar-refractivity contribution < 1.29 is 9.59 Å². The van der Waals surface area contributed by atoms with Gasteiger partial charge in [-0.3, -0.25) is 9.59 Å². The molecule has 0 bridgehead atoms. The highest BCUT2D eigenvalue weighted by molar-refractivity contribution is 6.36. The van der Waals surface area contributed by atoms with Crippen molar-refractivity contribution in [3.05, 3.63) is 0 Å². The van der Waals surface area contributed by atoms with Crippen LogP contribution in [0.5, 0.6) is 0 Å². The van der Waals surface area contributed by atoms with Crippen LogP contribution in [0.4, 0.5) is 0 Å². The molecule has 11 heavy (non-hydrogen) atoms. The number of amides is 1. The predicted octanol–water partition coefficient (Wildman–Crippen LogP) is 0.738. The minimum absolute atomic E-state index is 0.139. The van der Waals surface area contributed by atoms with Gasteiger partial charge in [0, 0.05) is 13.0 Å². The molecule has 0 unspecified atom stereocenters. The molecule has 0 saturated heterocycles. The van der Waals surface area contributed by atoms with Gasteiger partial charge in [-0.15, -0.1) is 0 Å². The van der Waals surface area contributed by atoms with E-state index in [0.717, 1.165) is 12.8 Å². The Morgan fingerprint density at radius 3 is 2.36 bits per heavy atom. The molecule has 0 aliphatic rings. The van der Waals surface area contributed by atoms with E-state index in [-0.39, 0.29) is 11.7 Å². The number of nitrogens with one attached hydrogen (secondary N) is 1. The van der Waals surface area contributed by atoms with E-state index in [9.17, 15) is 9.59 Å². The topological polar surface area (TPSA) is 46.2 Å². The number of rotatable bonds is 4. The molecule has 0 radical (unpaired) electrons. The largest absolute Gasteiger partial charge is 0.353 e. The average molecular weight is 157 g/mol. The predicted molar refractivity (Wildman–Crippen MR) is 43.1 cm³/mol. The summed E-state index contributed by atoms with van der Waals surface area (Å²) in [6.45, 7) is 3.77. The van der Waals surface area contributed by atoms with E-state index in [1.165, 1.54) is 7.05 Å². The maximum Gasteiger partial charge on any atom is 0.287 e. The fourth-order valence-corrected chi connectivity index (χ4v) is 0.911. The van der Waals surface area contributed by atoms with Crippen LogP contribution in [0.15, 0.2) is 0 Å². The molecule has 0 heterocycles. The zero-order valence-electron chi connectivity index (χ0n) is 7.31. The molecule has 64 valence electrons. The van der Waals surface area contributed by atoms with E-state index in [1.54, 1.807) is 6.92 Å². The summed E-state index contributed by atoms with van der Waals surface area (Å²) < 4.78 is 0. The minimum Gasteiger partial charge on any atom is -0.353 e. The summed E-state index contributed by atoms with van der Waals surface area (Å²) in [7, 11) is 1.47. The van der Waals surface area contributed by atoms with Gasteiger partial charge in [0.25, 0.3) is 5.91 Å². The van der Waals surface area contributed by atoms with Crippen molar-refractivity contribution in [3.63, 3.8) is 0 Å². The average Bonchev–Trinajstić information content (AvgIpc) is 2.02. The van der Waals surface area contributed by atoms with Gasteiger partial charge in [0.1, 0.15) is 0 Å². The van der Waals surface area contributed by atoms with Crippen LogP contribution < -0.4 is 5.32 Å². The maximum atomic E-state index is 11.1.